The number of hydrogen-bond donors (Lipinski definition) is 2. The highest BCUT2D eigenvalue weighted by molar-refractivity contribution is 5.85. The number of aliphatic hydroxyl groups is 1. The summed E-state index contributed by atoms with van der Waals surface area (Å²) in [5, 5.41) is 19.4. The van der Waals surface area contributed by atoms with Crippen molar-refractivity contribution >= 4 is 11.9 Å². The van der Waals surface area contributed by atoms with Crippen LogP contribution in [0, 0.1) is 17.3 Å². The van der Waals surface area contributed by atoms with Crippen LogP contribution >= 0.6 is 0 Å². The van der Waals surface area contributed by atoms with Gasteiger partial charge in [0.05, 0.1) is 18.5 Å². The van der Waals surface area contributed by atoms with Gasteiger partial charge in [0.15, 0.2) is 0 Å². The Kier molecular flexibility index (Phi) is 4.30. The second kappa shape index (κ2) is 5.12. The smallest absolute Gasteiger partial charge is 0.310 e. The maximum absolute atomic E-state index is 12.1. The van der Waals surface area contributed by atoms with Gasteiger partial charge in [-0.1, -0.05) is 27.7 Å². The van der Waals surface area contributed by atoms with Crippen LogP contribution in [0.4, 0.5) is 0 Å². The Morgan fingerprint density at radius 3 is 2.05 bits per heavy atom. The van der Waals surface area contributed by atoms with E-state index in [0.717, 1.165) is 0 Å². The number of hydrogen-bond acceptors (Lipinski definition) is 3. The number of aliphatic carboxylic acids is 1. The third kappa shape index (κ3) is 2.91. The van der Waals surface area contributed by atoms with Gasteiger partial charge in [-0.25, -0.2) is 0 Å². The van der Waals surface area contributed by atoms with E-state index in [-0.39, 0.29) is 24.2 Å². The van der Waals surface area contributed by atoms with Gasteiger partial charge < -0.3 is 15.1 Å². The molecule has 5 heteroatoms. The molecule has 1 fully saturated rings. The molecule has 5 nitrogen and oxygen atoms in total. The number of rotatable bonds is 5. The summed E-state index contributed by atoms with van der Waals surface area (Å²) in [7, 11) is 0. The molecule has 0 radical (unpaired) electrons. The molecule has 1 atom stereocenters. The number of carboxylic acid groups (broad SMARTS) is 1. The van der Waals surface area contributed by atoms with Gasteiger partial charge in [-0.15, -0.1) is 0 Å². The molecule has 1 aliphatic rings. The molecule has 1 rings (SSSR count). The molecule has 19 heavy (non-hydrogen) atoms. The van der Waals surface area contributed by atoms with Crippen molar-refractivity contribution in [1.29, 1.82) is 0 Å². The monoisotopic (exact) mass is 271 g/mol. The molecule has 1 unspecified atom stereocenters. The van der Waals surface area contributed by atoms with Crippen LogP contribution in [0.15, 0.2) is 0 Å². The second-order valence-corrected chi connectivity index (χ2v) is 6.56. The molecule has 1 heterocycles. The average Bonchev–Trinajstić information content (AvgIpc) is 2.23. The van der Waals surface area contributed by atoms with E-state index in [0.29, 0.717) is 13.1 Å². The molecule has 1 aliphatic heterocycles. The maximum atomic E-state index is 12.1. The molecule has 0 aliphatic carbocycles. The molecular formula is C14H25NO4. The lowest BCUT2D eigenvalue weighted by molar-refractivity contribution is -0.170. The lowest BCUT2D eigenvalue weighted by Crippen LogP contribution is -2.66. The van der Waals surface area contributed by atoms with Crippen molar-refractivity contribution in [3.63, 3.8) is 0 Å². The Labute approximate surface area is 114 Å². The average molecular weight is 271 g/mol. The first kappa shape index (κ1) is 16.0. The van der Waals surface area contributed by atoms with E-state index >= 15 is 0 Å². The predicted molar refractivity (Wildman–Crippen MR) is 71.6 cm³/mol. The van der Waals surface area contributed by atoms with E-state index in [2.05, 4.69) is 0 Å². The van der Waals surface area contributed by atoms with Gasteiger partial charge in [0, 0.05) is 6.42 Å². The number of carboxylic acids is 1. The number of β-amino-alcohol motifs (C(OH)–C–C–N with tert-alkyl or cyclic N) is 1. The fourth-order valence-electron chi connectivity index (χ4n) is 2.11. The molecule has 2 N–H and O–H groups in total. The minimum Gasteiger partial charge on any atom is -0.481 e. The normalized spacial score (nSPS) is 21.2. The van der Waals surface area contributed by atoms with Crippen LogP contribution in [0.3, 0.4) is 0 Å². The molecule has 1 saturated heterocycles. The Hall–Kier alpha value is -1.10. The quantitative estimate of drug-likeness (QED) is 0.791. The van der Waals surface area contributed by atoms with Crippen molar-refractivity contribution in [2.24, 2.45) is 17.3 Å². The van der Waals surface area contributed by atoms with Gasteiger partial charge in [0.2, 0.25) is 5.91 Å². The third-order valence-electron chi connectivity index (χ3n) is 4.64. The molecule has 110 valence electrons. The van der Waals surface area contributed by atoms with E-state index < -0.39 is 17.0 Å². The zero-order chi connectivity index (χ0) is 15.0. The van der Waals surface area contributed by atoms with E-state index in [1.807, 2.05) is 27.7 Å². The standard InChI is InChI=1S/C14H25NO4/c1-9(2)13(5,12(17)18)6-11(16)15-7-14(19,8-15)10(3)4/h9-10,19H,6-8H2,1-5H3,(H,17,18). The summed E-state index contributed by atoms with van der Waals surface area (Å²) in [6, 6.07) is 0. The first-order valence-electron chi connectivity index (χ1n) is 6.76. The SMILES string of the molecule is CC(C)C1(O)CN(C(=O)CC(C)(C(=O)O)C(C)C)C1. The van der Waals surface area contributed by atoms with Gasteiger partial charge in [-0.05, 0) is 18.8 Å². The van der Waals surface area contributed by atoms with Gasteiger partial charge in [-0.3, -0.25) is 9.59 Å². The summed E-state index contributed by atoms with van der Waals surface area (Å²) in [5.41, 5.74) is -1.87. The van der Waals surface area contributed by atoms with Crippen molar-refractivity contribution in [2.75, 3.05) is 13.1 Å². The van der Waals surface area contributed by atoms with Gasteiger partial charge in [0.1, 0.15) is 5.60 Å². The van der Waals surface area contributed by atoms with Crippen LogP contribution in [0.25, 0.3) is 0 Å². The highest BCUT2D eigenvalue weighted by Crippen LogP contribution is 2.35. The Balaban J connectivity index is 2.65. The largest absolute Gasteiger partial charge is 0.481 e. The lowest BCUT2D eigenvalue weighted by Gasteiger charge is -2.49. The van der Waals surface area contributed by atoms with Gasteiger partial charge in [-0.2, -0.15) is 0 Å². The Morgan fingerprint density at radius 1 is 1.26 bits per heavy atom. The van der Waals surface area contributed by atoms with Crippen molar-refractivity contribution in [3.05, 3.63) is 0 Å². The van der Waals surface area contributed by atoms with Crippen LogP contribution in [0.5, 0.6) is 0 Å². The first-order chi connectivity index (χ1) is 8.53. The summed E-state index contributed by atoms with van der Waals surface area (Å²) in [5.74, 6) is -1.17. The van der Waals surface area contributed by atoms with Crippen LogP contribution in [0.1, 0.15) is 41.0 Å². The summed E-state index contributed by atoms with van der Waals surface area (Å²) in [6.45, 7) is 9.65. The second-order valence-electron chi connectivity index (χ2n) is 6.56. The van der Waals surface area contributed by atoms with Crippen molar-refractivity contribution < 1.29 is 19.8 Å². The van der Waals surface area contributed by atoms with E-state index in [4.69, 9.17) is 0 Å². The van der Waals surface area contributed by atoms with Crippen molar-refractivity contribution in [1.82, 2.24) is 4.90 Å². The molecule has 1 amide bonds. The van der Waals surface area contributed by atoms with Crippen LogP contribution in [-0.4, -0.2) is 45.7 Å². The minimum absolute atomic E-state index is 0.0197. The molecule has 0 saturated carbocycles. The van der Waals surface area contributed by atoms with Gasteiger partial charge in [0.25, 0.3) is 0 Å². The Bertz CT molecular complexity index is 372. The highest BCUT2D eigenvalue weighted by atomic mass is 16.4. The fraction of sp³-hybridized carbons (Fsp3) is 0.857. The third-order valence-corrected chi connectivity index (χ3v) is 4.64. The number of nitrogens with zero attached hydrogens (tertiary/aromatic N) is 1. The highest BCUT2D eigenvalue weighted by Gasteiger charge is 2.48. The molecule has 0 aromatic rings. The summed E-state index contributed by atoms with van der Waals surface area (Å²) in [6.07, 6.45) is -0.0197. The van der Waals surface area contributed by atoms with Crippen LogP contribution < -0.4 is 0 Å². The van der Waals surface area contributed by atoms with Crippen molar-refractivity contribution in [2.45, 2.75) is 46.6 Å². The topological polar surface area (TPSA) is 77.8 Å². The van der Waals surface area contributed by atoms with Crippen LogP contribution in [-0.2, 0) is 9.59 Å². The summed E-state index contributed by atoms with van der Waals surface area (Å²) < 4.78 is 0. The molecule has 0 spiro atoms. The maximum Gasteiger partial charge on any atom is 0.310 e. The van der Waals surface area contributed by atoms with E-state index in [1.54, 1.807) is 11.8 Å². The summed E-state index contributed by atoms with van der Waals surface area (Å²) in [4.78, 5) is 25.0. The Morgan fingerprint density at radius 2 is 1.74 bits per heavy atom. The van der Waals surface area contributed by atoms with Crippen LogP contribution in [0.2, 0.25) is 0 Å². The first-order valence-corrected chi connectivity index (χ1v) is 6.76. The van der Waals surface area contributed by atoms with E-state index in [9.17, 15) is 19.8 Å². The molecule has 0 aromatic heterocycles. The molecule has 0 bridgehead atoms. The number of carbonyl (C=O) groups excluding carboxylic acids is 1. The molecule has 0 aromatic carbocycles. The summed E-state index contributed by atoms with van der Waals surface area (Å²) >= 11 is 0. The van der Waals surface area contributed by atoms with Gasteiger partial charge >= 0.3 is 5.97 Å². The molecular weight excluding hydrogens is 246 g/mol. The zero-order valence-electron chi connectivity index (χ0n) is 12.4. The predicted octanol–water partition coefficient (Wildman–Crippen LogP) is 1.35. The van der Waals surface area contributed by atoms with E-state index in [1.165, 1.54) is 0 Å². The number of amides is 1. The lowest BCUT2D eigenvalue weighted by atomic mass is 9.75. The number of carbonyl (C=O) groups is 2. The zero-order valence-corrected chi connectivity index (χ0v) is 12.4. The fourth-order valence-corrected chi connectivity index (χ4v) is 2.11. The number of likely N-dealkylation sites (tertiary alicyclic amines) is 1. The van der Waals surface area contributed by atoms with Crippen molar-refractivity contribution in [3.8, 4) is 0 Å². The minimum atomic E-state index is -1.05.